The van der Waals surface area contributed by atoms with Crippen molar-refractivity contribution >= 4 is 21.6 Å². The molecule has 0 unspecified atom stereocenters. The summed E-state index contributed by atoms with van der Waals surface area (Å²) in [6, 6.07) is 7.93. The van der Waals surface area contributed by atoms with E-state index in [1.165, 1.54) is 51.5 Å². The lowest BCUT2D eigenvalue weighted by Gasteiger charge is -2.17. The van der Waals surface area contributed by atoms with Crippen LogP contribution in [-0.4, -0.2) is 53.1 Å². The van der Waals surface area contributed by atoms with Gasteiger partial charge in [-0.25, -0.2) is 12.7 Å². The van der Waals surface area contributed by atoms with Crippen LogP contribution in [0.2, 0.25) is 0 Å². The third-order valence-electron chi connectivity index (χ3n) is 3.90. The molecular formula is C19H22F2N2O6S. The number of carbonyl (C=O) groups excluding carboxylic acids is 1. The fraction of sp³-hybridized carbons (Fsp3) is 0.316. The molecule has 0 aliphatic heterocycles. The van der Waals surface area contributed by atoms with E-state index >= 15 is 0 Å². The number of ether oxygens (including phenoxy) is 3. The molecule has 0 fully saturated rings. The van der Waals surface area contributed by atoms with Crippen LogP contribution < -0.4 is 19.5 Å². The number of amides is 1. The van der Waals surface area contributed by atoms with Crippen LogP contribution in [0.3, 0.4) is 0 Å². The predicted octanol–water partition coefficient (Wildman–Crippen LogP) is 3.20. The van der Waals surface area contributed by atoms with Gasteiger partial charge in [-0.1, -0.05) is 0 Å². The monoisotopic (exact) mass is 444 g/mol. The summed E-state index contributed by atoms with van der Waals surface area (Å²) in [4.78, 5) is 12.4. The number of alkyl halides is 2. The number of benzene rings is 2. The average Bonchev–Trinajstić information content (AvgIpc) is 2.68. The highest BCUT2D eigenvalue weighted by Crippen LogP contribution is 2.31. The van der Waals surface area contributed by atoms with E-state index in [1.807, 2.05) is 0 Å². The van der Waals surface area contributed by atoms with E-state index < -0.39 is 22.5 Å². The minimum Gasteiger partial charge on any atom is -0.493 e. The highest BCUT2D eigenvalue weighted by atomic mass is 32.2. The zero-order valence-electron chi connectivity index (χ0n) is 16.8. The van der Waals surface area contributed by atoms with Crippen molar-refractivity contribution in [2.75, 3.05) is 33.1 Å². The molecule has 2 rings (SSSR count). The van der Waals surface area contributed by atoms with E-state index in [4.69, 9.17) is 9.47 Å². The Balaban J connectivity index is 2.37. The number of sulfonamides is 1. The molecule has 0 aromatic heterocycles. The van der Waals surface area contributed by atoms with Crippen LogP contribution in [-0.2, 0) is 10.0 Å². The molecule has 0 aliphatic rings. The molecule has 0 saturated carbocycles. The maximum Gasteiger partial charge on any atom is 0.387 e. The summed E-state index contributed by atoms with van der Waals surface area (Å²) in [5, 5.41) is 2.54. The molecule has 0 aliphatic carbocycles. The van der Waals surface area contributed by atoms with Crippen molar-refractivity contribution in [3.05, 3.63) is 42.0 Å². The van der Waals surface area contributed by atoms with Gasteiger partial charge in [0.15, 0.2) is 11.5 Å². The average molecular weight is 444 g/mol. The zero-order valence-corrected chi connectivity index (χ0v) is 17.6. The lowest BCUT2D eigenvalue weighted by molar-refractivity contribution is -0.0512. The van der Waals surface area contributed by atoms with Gasteiger partial charge in [0.1, 0.15) is 10.6 Å². The lowest BCUT2D eigenvalue weighted by atomic mass is 10.2. The largest absolute Gasteiger partial charge is 0.493 e. The number of hydrogen-bond donors (Lipinski definition) is 1. The quantitative estimate of drug-likeness (QED) is 0.638. The highest BCUT2D eigenvalue weighted by Gasteiger charge is 2.23. The molecule has 2 aromatic carbocycles. The minimum atomic E-state index is -3.84. The first-order valence-electron chi connectivity index (χ1n) is 8.73. The molecule has 2 aromatic rings. The van der Waals surface area contributed by atoms with Crippen molar-refractivity contribution < 1.29 is 36.2 Å². The van der Waals surface area contributed by atoms with Crippen molar-refractivity contribution in [1.82, 2.24) is 4.31 Å². The Hall–Kier alpha value is -2.92. The van der Waals surface area contributed by atoms with Gasteiger partial charge in [-0.05, 0) is 43.3 Å². The Bertz CT molecular complexity index is 1010. The molecule has 0 atom stereocenters. The number of anilines is 1. The molecule has 164 valence electrons. The van der Waals surface area contributed by atoms with E-state index in [-0.39, 0.29) is 40.0 Å². The number of methoxy groups -OCH3 is 1. The van der Waals surface area contributed by atoms with Gasteiger partial charge in [0.25, 0.3) is 5.91 Å². The maximum absolute atomic E-state index is 12.6. The topological polar surface area (TPSA) is 94.2 Å². The summed E-state index contributed by atoms with van der Waals surface area (Å²) in [7, 11) is 0.180. The Kier molecular flexibility index (Phi) is 7.57. The SMILES string of the molecule is CCOc1ccc(NC(=O)c2ccc(OC)c(OC(F)F)c2)cc1S(=O)(=O)N(C)C. The number of nitrogens with one attached hydrogen (secondary N) is 1. The third-order valence-corrected chi connectivity index (χ3v) is 5.74. The van der Waals surface area contributed by atoms with Crippen LogP contribution in [0.15, 0.2) is 41.3 Å². The van der Waals surface area contributed by atoms with E-state index in [2.05, 4.69) is 10.1 Å². The second kappa shape index (κ2) is 9.72. The molecule has 0 heterocycles. The molecule has 0 radical (unpaired) electrons. The number of carbonyl (C=O) groups is 1. The van der Waals surface area contributed by atoms with E-state index in [9.17, 15) is 22.0 Å². The van der Waals surface area contributed by atoms with E-state index in [1.54, 1.807) is 6.92 Å². The van der Waals surface area contributed by atoms with Crippen LogP contribution in [0.5, 0.6) is 17.2 Å². The van der Waals surface area contributed by atoms with Gasteiger partial charge in [-0.3, -0.25) is 4.79 Å². The molecule has 11 heteroatoms. The Morgan fingerprint density at radius 1 is 1.10 bits per heavy atom. The predicted molar refractivity (Wildman–Crippen MR) is 106 cm³/mol. The first-order valence-corrected chi connectivity index (χ1v) is 10.2. The second-order valence-electron chi connectivity index (χ2n) is 6.08. The standard InChI is InChI=1S/C19H22F2N2O6S/c1-5-28-15-9-7-13(11-17(15)30(25,26)23(2)3)22-18(24)12-6-8-14(27-4)16(10-12)29-19(20)21/h6-11,19H,5H2,1-4H3,(H,22,24). The van der Waals surface area contributed by atoms with Crippen molar-refractivity contribution in [1.29, 1.82) is 0 Å². The Labute approximate surface area is 173 Å². The number of hydrogen-bond acceptors (Lipinski definition) is 6. The molecule has 1 N–H and O–H groups in total. The first kappa shape index (κ1) is 23.4. The summed E-state index contributed by atoms with van der Waals surface area (Å²) in [6.07, 6.45) is 0. The highest BCUT2D eigenvalue weighted by molar-refractivity contribution is 7.89. The van der Waals surface area contributed by atoms with Gasteiger partial charge in [0, 0.05) is 25.3 Å². The fourth-order valence-electron chi connectivity index (χ4n) is 2.47. The smallest absolute Gasteiger partial charge is 0.387 e. The molecule has 30 heavy (non-hydrogen) atoms. The van der Waals surface area contributed by atoms with Gasteiger partial charge in [-0.15, -0.1) is 0 Å². The van der Waals surface area contributed by atoms with Gasteiger partial charge >= 0.3 is 6.61 Å². The Morgan fingerprint density at radius 3 is 2.33 bits per heavy atom. The summed E-state index contributed by atoms with van der Waals surface area (Å²) >= 11 is 0. The molecule has 1 amide bonds. The second-order valence-corrected chi connectivity index (χ2v) is 8.20. The van der Waals surface area contributed by atoms with Crippen LogP contribution in [0, 0.1) is 0 Å². The Morgan fingerprint density at radius 2 is 1.77 bits per heavy atom. The van der Waals surface area contributed by atoms with Crippen LogP contribution in [0.25, 0.3) is 0 Å². The summed E-state index contributed by atoms with van der Waals surface area (Å²) < 4.78 is 66.0. The van der Waals surface area contributed by atoms with Crippen molar-refractivity contribution in [3.8, 4) is 17.2 Å². The van der Waals surface area contributed by atoms with E-state index in [0.717, 1.165) is 10.4 Å². The lowest BCUT2D eigenvalue weighted by Crippen LogP contribution is -2.23. The van der Waals surface area contributed by atoms with Gasteiger partial charge in [0.2, 0.25) is 10.0 Å². The fourth-order valence-corrected chi connectivity index (χ4v) is 3.52. The molecule has 0 spiro atoms. The molecule has 0 bridgehead atoms. The van der Waals surface area contributed by atoms with Crippen LogP contribution in [0.4, 0.5) is 14.5 Å². The number of nitrogens with zero attached hydrogens (tertiary/aromatic N) is 1. The van der Waals surface area contributed by atoms with Crippen molar-refractivity contribution in [3.63, 3.8) is 0 Å². The first-order chi connectivity index (χ1) is 14.1. The van der Waals surface area contributed by atoms with Crippen LogP contribution >= 0.6 is 0 Å². The van der Waals surface area contributed by atoms with Crippen molar-refractivity contribution in [2.45, 2.75) is 18.4 Å². The zero-order chi connectivity index (χ0) is 22.5. The minimum absolute atomic E-state index is 0.0114. The van der Waals surface area contributed by atoms with Crippen LogP contribution in [0.1, 0.15) is 17.3 Å². The van der Waals surface area contributed by atoms with Gasteiger partial charge < -0.3 is 19.5 Å². The molecular weight excluding hydrogens is 422 g/mol. The van der Waals surface area contributed by atoms with Gasteiger partial charge in [0.05, 0.1) is 13.7 Å². The maximum atomic E-state index is 12.6. The third kappa shape index (κ3) is 5.36. The molecule has 0 saturated heterocycles. The summed E-state index contributed by atoms with van der Waals surface area (Å²) in [6.45, 7) is -1.13. The van der Waals surface area contributed by atoms with E-state index in [0.29, 0.717) is 0 Å². The normalized spacial score (nSPS) is 11.5. The van der Waals surface area contributed by atoms with Gasteiger partial charge in [-0.2, -0.15) is 8.78 Å². The number of rotatable bonds is 9. The molecule has 8 nitrogen and oxygen atoms in total. The summed E-state index contributed by atoms with van der Waals surface area (Å²) in [5.41, 5.74) is 0.188. The summed E-state index contributed by atoms with van der Waals surface area (Å²) in [5.74, 6) is -0.787. The number of halogens is 2. The van der Waals surface area contributed by atoms with Crippen molar-refractivity contribution in [2.24, 2.45) is 0 Å².